The number of carboxylic acid groups (broad SMARTS) is 1. The molecule has 1 saturated heterocycles. The number of rotatable bonds is 4. The molecule has 1 aliphatic rings. The number of hydrogen-bond donors (Lipinski definition) is 1. The molecule has 0 bridgehead atoms. The number of aliphatic carboxylic acids is 1. The van der Waals surface area contributed by atoms with Gasteiger partial charge in [0, 0.05) is 12.0 Å². The molecule has 6 nitrogen and oxygen atoms in total. The minimum absolute atomic E-state index is 0.0270. The van der Waals surface area contributed by atoms with Gasteiger partial charge in [-0.25, -0.2) is 0 Å². The van der Waals surface area contributed by atoms with E-state index < -0.39 is 17.9 Å². The number of aromatic nitrogens is 1. The highest BCUT2D eigenvalue weighted by molar-refractivity contribution is 7.08. The van der Waals surface area contributed by atoms with Crippen LogP contribution in [0.3, 0.4) is 0 Å². The second-order valence-electron chi connectivity index (χ2n) is 5.47. The van der Waals surface area contributed by atoms with Crippen molar-refractivity contribution in [2.24, 2.45) is 5.92 Å². The molecule has 116 valence electrons. The largest absolute Gasteiger partial charge is 0.481 e. The van der Waals surface area contributed by atoms with Crippen LogP contribution in [0.1, 0.15) is 35.0 Å². The molecule has 1 aliphatic heterocycles. The molecule has 0 aliphatic carbocycles. The fourth-order valence-electron chi connectivity index (χ4n) is 2.95. The van der Waals surface area contributed by atoms with Crippen molar-refractivity contribution in [2.75, 3.05) is 0 Å². The Kier molecular flexibility index (Phi) is 3.74. The first-order valence-electron chi connectivity index (χ1n) is 6.95. The van der Waals surface area contributed by atoms with Gasteiger partial charge in [-0.15, -0.1) is 0 Å². The van der Waals surface area contributed by atoms with Gasteiger partial charge in [0.25, 0.3) is 0 Å². The van der Waals surface area contributed by atoms with Gasteiger partial charge in [0.15, 0.2) is 0 Å². The minimum atomic E-state index is -0.939. The zero-order chi connectivity index (χ0) is 15.9. The summed E-state index contributed by atoms with van der Waals surface area (Å²) < 4.78 is 5.14. The van der Waals surface area contributed by atoms with Crippen LogP contribution in [-0.4, -0.2) is 27.0 Å². The van der Waals surface area contributed by atoms with E-state index in [-0.39, 0.29) is 12.3 Å². The molecule has 2 aromatic heterocycles. The molecule has 3 rings (SSSR count). The van der Waals surface area contributed by atoms with E-state index in [9.17, 15) is 14.7 Å². The van der Waals surface area contributed by atoms with E-state index in [4.69, 9.17) is 4.52 Å². The molecule has 2 atom stereocenters. The van der Waals surface area contributed by atoms with Gasteiger partial charge < -0.3 is 14.5 Å². The van der Waals surface area contributed by atoms with Gasteiger partial charge in [0.2, 0.25) is 5.91 Å². The predicted octanol–water partition coefficient (Wildman–Crippen LogP) is 2.53. The molecule has 1 N–H and O–H groups in total. The van der Waals surface area contributed by atoms with Crippen molar-refractivity contribution in [3.63, 3.8) is 0 Å². The molecule has 0 unspecified atom stereocenters. The van der Waals surface area contributed by atoms with Gasteiger partial charge >= 0.3 is 5.97 Å². The van der Waals surface area contributed by atoms with Crippen LogP contribution in [0.2, 0.25) is 0 Å². The van der Waals surface area contributed by atoms with Gasteiger partial charge in [0.1, 0.15) is 5.76 Å². The van der Waals surface area contributed by atoms with Gasteiger partial charge in [0.05, 0.1) is 24.2 Å². The van der Waals surface area contributed by atoms with Crippen molar-refractivity contribution in [1.29, 1.82) is 0 Å². The second-order valence-corrected chi connectivity index (χ2v) is 6.25. The smallest absolute Gasteiger partial charge is 0.309 e. The number of amides is 1. The molecule has 1 fully saturated rings. The first-order chi connectivity index (χ1) is 10.5. The van der Waals surface area contributed by atoms with Crippen LogP contribution >= 0.6 is 11.3 Å². The quantitative estimate of drug-likeness (QED) is 0.936. The Hall–Kier alpha value is -2.15. The molecule has 0 radical (unpaired) electrons. The maximum Gasteiger partial charge on any atom is 0.309 e. The Morgan fingerprint density at radius 1 is 1.55 bits per heavy atom. The number of carboxylic acids is 1. The predicted molar refractivity (Wildman–Crippen MR) is 79.3 cm³/mol. The number of nitrogens with zero attached hydrogens (tertiary/aromatic N) is 2. The number of aryl methyl sites for hydroxylation is 2. The highest BCUT2D eigenvalue weighted by Gasteiger charge is 2.45. The summed E-state index contributed by atoms with van der Waals surface area (Å²) in [5.74, 6) is -1.15. The van der Waals surface area contributed by atoms with E-state index in [1.807, 2.05) is 23.8 Å². The lowest BCUT2D eigenvalue weighted by Crippen LogP contribution is -2.30. The van der Waals surface area contributed by atoms with E-state index in [0.717, 1.165) is 16.8 Å². The molecule has 0 spiro atoms. The van der Waals surface area contributed by atoms with E-state index in [2.05, 4.69) is 5.16 Å². The fraction of sp³-hybridized carbons (Fsp3) is 0.400. The normalized spacial score (nSPS) is 21.5. The molecular formula is C15H16N2O4S. The Balaban J connectivity index is 1.97. The summed E-state index contributed by atoms with van der Waals surface area (Å²) >= 11 is 1.50. The SMILES string of the molecule is Cc1noc(C)c1CN1C(=O)C[C@@H](C(=O)O)[C@H]1c1ccsc1. The Morgan fingerprint density at radius 3 is 2.86 bits per heavy atom. The second kappa shape index (κ2) is 5.57. The molecular weight excluding hydrogens is 304 g/mol. The van der Waals surface area contributed by atoms with Crippen LogP contribution in [0.4, 0.5) is 0 Å². The van der Waals surface area contributed by atoms with Crippen LogP contribution < -0.4 is 0 Å². The van der Waals surface area contributed by atoms with Crippen molar-refractivity contribution in [3.8, 4) is 0 Å². The van der Waals surface area contributed by atoms with Crippen LogP contribution in [0.25, 0.3) is 0 Å². The number of likely N-dealkylation sites (tertiary alicyclic amines) is 1. The lowest BCUT2D eigenvalue weighted by atomic mass is 9.95. The number of carbonyl (C=O) groups is 2. The average molecular weight is 320 g/mol. The van der Waals surface area contributed by atoms with Crippen molar-refractivity contribution >= 4 is 23.2 Å². The molecule has 3 heterocycles. The molecule has 22 heavy (non-hydrogen) atoms. The molecule has 0 saturated carbocycles. The van der Waals surface area contributed by atoms with Crippen molar-refractivity contribution in [2.45, 2.75) is 32.9 Å². The van der Waals surface area contributed by atoms with Crippen LogP contribution in [0.15, 0.2) is 21.3 Å². The van der Waals surface area contributed by atoms with Crippen LogP contribution in [0, 0.1) is 19.8 Å². The van der Waals surface area contributed by atoms with E-state index >= 15 is 0 Å². The van der Waals surface area contributed by atoms with Crippen molar-refractivity contribution < 1.29 is 19.2 Å². The van der Waals surface area contributed by atoms with Gasteiger partial charge in [-0.2, -0.15) is 11.3 Å². The Bertz CT molecular complexity index is 688. The lowest BCUT2D eigenvalue weighted by molar-refractivity contribution is -0.142. The Morgan fingerprint density at radius 2 is 2.32 bits per heavy atom. The fourth-order valence-corrected chi connectivity index (χ4v) is 3.64. The number of hydrogen-bond acceptors (Lipinski definition) is 5. The molecule has 1 amide bonds. The third-order valence-corrected chi connectivity index (χ3v) is 4.84. The zero-order valence-corrected chi connectivity index (χ0v) is 13.1. The summed E-state index contributed by atoms with van der Waals surface area (Å²) in [5, 5.41) is 17.1. The maximum absolute atomic E-state index is 12.4. The van der Waals surface area contributed by atoms with Crippen molar-refractivity contribution in [3.05, 3.63) is 39.4 Å². The van der Waals surface area contributed by atoms with Gasteiger partial charge in [-0.1, -0.05) is 5.16 Å². The van der Waals surface area contributed by atoms with Crippen LogP contribution in [0.5, 0.6) is 0 Å². The summed E-state index contributed by atoms with van der Waals surface area (Å²) in [6, 6.07) is 1.44. The lowest BCUT2D eigenvalue weighted by Gasteiger charge is -2.26. The highest BCUT2D eigenvalue weighted by Crippen LogP contribution is 2.40. The summed E-state index contributed by atoms with van der Waals surface area (Å²) in [7, 11) is 0. The van der Waals surface area contributed by atoms with E-state index in [0.29, 0.717) is 12.3 Å². The average Bonchev–Trinajstić information content (AvgIpc) is 3.15. The monoisotopic (exact) mass is 320 g/mol. The standard InChI is InChI=1S/C15H16N2O4S/c1-8-12(9(2)21-16-8)6-17-13(18)5-11(15(19)20)14(17)10-3-4-22-7-10/h3-4,7,11,14H,5-6H2,1-2H3,(H,19,20)/t11-,14-/m1/s1. The van der Waals surface area contributed by atoms with Gasteiger partial charge in [-0.05, 0) is 36.2 Å². The van der Waals surface area contributed by atoms with E-state index in [1.165, 1.54) is 11.3 Å². The number of thiophene rings is 1. The molecule has 7 heteroatoms. The molecule has 2 aromatic rings. The third kappa shape index (κ3) is 2.41. The molecule has 0 aromatic carbocycles. The number of carbonyl (C=O) groups excluding carboxylic acids is 1. The third-order valence-electron chi connectivity index (χ3n) is 4.14. The minimum Gasteiger partial charge on any atom is -0.481 e. The van der Waals surface area contributed by atoms with Crippen LogP contribution in [-0.2, 0) is 16.1 Å². The first-order valence-corrected chi connectivity index (χ1v) is 7.89. The topological polar surface area (TPSA) is 83.6 Å². The van der Waals surface area contributed by atoms with Gasteiger partial charge in [-0.3, -0.25) is 9.59 Å². The maximum atomic E-state index is 12.4. The van der Waals surface area contributed by atoms with E-state index in [1.54, 1.807) is 11.8 Å². The summed E-state index contributed by atoms with van der Waals surface area (Å²) in [4.78, 5) is 25.5. The zero-order valence-electron chi connectivity index (χ0n) is 12.3. The van der Waals surface area contributed by atoms with Crippen molar-refractivity contribution in [1.82, 2.24) is 10.1 Å². The highest BCUT2D eigenvalue weighted by atomic mass is 32.1. The summed E-state index contributed by atoms with van der Waals surface area (Å²) in [6.07, 6.45) is 0.0270. The summed E-state index contributed by atoms with van der Waals surface area (Å²) in [5.41, 5.74) is 2.45. The Labute approximate surface area is 131 Å². The summed E-state index contributed by atoms with van der Waals surface area (Å²) in [6.45, 7) is 3.94. The first kappa shape index (κ1) is 14.8.